The topological polar surface area (TPSA) is 8.17 Å². The molecule has 0 unspecified atom stereocenters. The van der Waals surface area contributed by atoms with Crippen LogP contribution in [-0.2, 0) is 0 Å². The smallest absolute Gasteiger partial charge is 0.0541 e. The van der Waals surface area contributed by atoms with E-state index >= 15 is 0 Å². The monoisotopic (exact) mass is 758 g/mol. The van der Waals surface area contributed by atoms with E-state index in [-0.39, 0.29) is 0 Å². The molecule has 3 heteroatoms. The van der Waals surface area contributed by atoms with Crippen molar-refractivity contribution in [2.75, 3.05) is 4.90 Å². The summed E-state index contributed by atoms with van der Waals surface area (Å²) in [5.41, 5.74) is 13.9. The van der Waals surface area contributed by atoms with Crippen LogP contribution >= 0.6 is 11.3 Å². The molecular weight excluding hydrogens is 721 g/mol. The first-order valence-electron chi connectivity index (χ1n) is 19.5. The molecule has 58 heavy (non-hydrogen) atoms. The summed E-state index contributed by atoms with van der Waals surface area (Å²) in [6.45, 7) is 2.11. The van der Waals surface area contributed by atoms with Gasteiger partial charge < -0.3 is 9.47 Å². The minimum absolute atomic E-state index is 1.08. The Morgan fingerprint density at radius 3 is 1.81 bits per heavy atom. The molecule has 0 atom stereocenters. The maximum atomic E-state index is 5.42. The van der Waals surface area contributed by atoms with Gasteiger partial charge >= 0.3 is 0 Å². The van der Waals surface area contributed by atoms with E-state index in [1.54, 1.807) is 6.08 Å². The Labute approximate surface area is 342 Å². The highest BCUT2D eigenvalue weighted by atomic mass is 32.1. The van der Waals surface area contributed by atoms with Gasteiger partial charge in [-0.3, -0.25) is 0 Å². The zero-order valence-electron chi connectivity index (χ0n) is 32.0. The standard InChI is InChI=1S/C55H38N2S/c1-3-4-6-13-38(2)39-20-27-44(28-21-39)56(45-29-22-41(23-30-45)40-14-7-5-8-15-40)46-31-24-42(25-32-46)43-26-34-53-50(36-43)48-16-9-11-18-52(48)57(53)47-33-35-55-51(37-47)49-17-10-12-19-54(49)58-55/h1,4-37H,2H3/b6-4-,38-13+. The first kappa shape index (κ1) is 35.1. The Morgan fingerprint density at radius 1 is 0.517 bits per heavy atom. The molecule has 0 aliphatic heterocycles. The van der Waals surface area contributed by atoms with Gasteiger partial charge in [-0.05, 0) is 125 Å². The zero-order chi connectivity index (χ0) is 39.0. The van der Waals surface area contributed by atoms with Crippen LogP contribution in [0.15, 0.2) is 206 Å². The van der Waals surface area contributed by atoms with E-state index in [0.717, 1.165) is 28.2 Å². The molecule has 274 valence electrons. The first-order valence-corrected chi connectivity index (χ1v) is 20.4. The lowest BCUT2D eigenvalue weighted by molar-refractivity contribution is 1.19. The maximum Gasteiger partial charge on any atom is 0.0541 e. The summed E-state index contributed by atoms with van der Waals surface area (Å²) >= 11 is 1.86. The molecule has 2 nitrogen and oxygen atoms in total. The van der Waals surface area contributed by atoms with Crippen LogP contribution in [0, 0.1) is 12.3 Å². The quantitative estimate of drug-likeness (QED) is 0.111. The van der Waals surface area contributed by atoms with Crippen LogP contribution in [0.5, 0.6) is 0 Å². The third-order valence-corrected chi connectivity index (χ3v) is 12.3. The third-order valence-electron chi connectivity index (χ3n) is 11.1. The van der Waals surface area contributed by atoms with Crippen molar-refractivity contribution >= 4 is 76.0 Å². The molecule has 10 rings (SSSR count). The van der Waals surface area contributed by atoms with E-state index in [0.29, 0.717) is 0 Å². The number of nitrogens with zero attached hydrogens (tertiary/aromatic N) is 2. The number of aromatic nitrogens is 1. The third kappa shape index (κ3) is 6.36. The van der Waals surface area contributed by atoms with Gasteiger partial charge in [0.15, 0.2) is 0 Å². The van der Waals surface area contributed by atoms with Crippen molar-refractivity contribution in [2.45, 2.75) is 6.92 Å². The summed E-state index contributed by atoms with van der Waals surface area (Å²) in [5, 5.41) is 5.11. The van der Waals surface area contributed by atoms with Crippen molar-refractivity contribution in [1.82, 2.24) is 4.57 Å². The normalized spacial score (nSPS) is 11.9. The molecule has 0 aliphatic carbocycles. The van der Waals surface area contributed by atoms with E-state index in [1.807, 2.05) is 23.5 Å². The van der Waals surface area contributed by atoms with Crippen molar-refractivity contribution in [3.8, 4) is 40.3 Å². The average molecular weight is 759 g/mol. The molecule has 2 heterocycles. The Kier molecular flexibility index (Phi) is 9.03. The summed E-state index contributed by atoms with van der Waals surface area (Å²) in [7, 11) is 0. The minimum Gasteiger partial charge on any atom is -0.311 e. The summed E-state index contributed by atoms with van der Waals surface area (Å²) in [6, 6.07) is 68.3. The Morgan fingerprint density at radius 2 is 1.09 bits per heavy atom. The summed E-state index contributed by atoms with van der Waals surface area (Å²) in [6.07, 6.45) is 11.1. The van der Waals surface area contributed by atoms with E-state index in [4.69, 9.17) is 6.42 Å². The highest BCUT2D eigenvalue weighted by molar-refractivity contribution is 7.25. The molecule has 0 saturated carbocycles. The number of anilines is 3. The summed E-state index contributed by atoms with van der Waals surface area (Å²) < 4.78 is 5.05. The van der Waals surface area contributed by atoms with Crippen molar-refractivity contribution in [3.05, 3.63) is 212 Å². The predicted octanol–water partition coefficient (Wildman–Crippen LogP) is 15.5. The lowest BCUT2D eigenvalue weighted by atomic mass is 10.0. The highest BCUT2D eigenvalue weighted by Gasteiger charge is 2.17. The highest BCUT2D eigenvalue weighted by Crippen LogP contribution is 2.41. The first-order chi connectivity index (χ1) is 28.6. The summed E-state index contributed by atoms with van der Waals surface area (Å²) in [5.74, 6) is 2.56. The number of fused-ring (bicyclic) bond motifs is 6. The van der Waals surface area contributed by atoms with Gasteiger partial charge in [0.05, 0.1) is 11.0 Å². The SMILES string of the molecule is C#C/C=C\C=C(/C)c1ccc(N(c2ccc(-c3ccccc3)cc2)c2ccc(-c3ccc4c(c3)c3ccccc3n4-c3ccc4sc5ccccc5c4c3)cc2)cc1. The van der Waals surface area contributed by atoms with E-state index < -0.39 is 0 Å². The van der Waals surface area contributed by atoms with Crippen LogP contribution in [0.4, 0.5) is 17.1 Å². The second-order valence-electron chi connectivity index (χ2n) is 14.6. The molecular formula is C55H38N2S. The molecule has 8 aromatic carbocycles. The van der Waals surface area contributed by atoms with Crippen molar-refractivity contribution in [3.63, 3.8) is 0 Å². The van der Waals surface area contributed by atoms with Gasteiger partial charge in [0, 0.05) is 53.7 Å². The Bertz CT molecular complexity index is 3210. The second kappa shape index (κ2) is 14.9. The molecule has 0 spiro atoms. The summed E-state index contributed by atoms with van der Waals surface area (Å²) in [4.78, 5) is 2.32. The van der Waals surface area contributed by atoms with Crippen LogP contribution < -0.4 is 4.90 Å². The van der Waals surface area contributed by atoms with Gasteiger partial charge in [-0.1, -0.05) is 127 Å². The zero-order valence-corrected chi connectivity index (χ0v) is 32.8. The molecule has 0 saturated heterocycles. The number of allylic oxidation sites excluding steroid dienone is 4. The number of rotatable bonds is 8. The number of hydrogen-bond donors (Lipinski definition) is 0. The van der Waals surface area contributed by atoms with Gasteiger partial charge in [0.1, 0.15) is 0 Å². The van der Waals surface area contributed by atoms with Crippen molar-refractivity contribution < 1.29 is 0 Å². The number of terminal acetylenes is 1. The van der Waals surface area contributed by atoms with Crippen LogP contribution in [0.2, 0.25) is 0 Å². The molecule has 10 aromatic rings. The molecule has 2 aromatic heterocycles. The molecule has 0 amide bonds. The maximum absolute atomic E-state index is 5.42. The van der Waals surface area contributed by atoms with Crippen LogP contribution in [-0.4, -0.2) is 4.57 Å². The minimum atomic E-state index is 1.08. The number of thiophene rings is 1. The number of benzene rings is 8. The number of para-hydroxylation sites is 1. The van der Waals surface area contributed by atoms with Crippen molar-refractivity contribution in [1.29, 1.82) is 0 Å². The van der Waals surface area contributed by atoms with Crippen LogP contribution in [0.25, 0.3) is 75.5 Å². The second-order valence-corrected chi connectivity index (χ2v) is 15.7. The molecule has 0 radical (unpaired) electrons. The van der Waals surface area contributed by atoms with E-state index in [1.165, 1.54) is 69.9 Å². The molecule has 0 N–H and O–H groups in total. The molecule has 0 aliphatic rings. The van der Waals surface area contributed by atoms with Gasteiger partial charge in [-0.2, -0.15) is 0 Å². The lowest BCUT2D eigenvalue weighted by Gasteiger charge is -2.26. The lowest BCUT2D eigenvalue weighted by Crippen LogP contribution is -2.09. The van der Waals surface area contributed by atoms with Gasteiger partial charge in [0.2, 0.25) is 0 Å². The van der Waals surface area contributed by atoms with Gasteiger partial charge in [-0.25, -0.2) is 0 Å². The van der Waals surface area contributed by atoms with Crippen LogP contribution in [0.3, 0.4) is 0 Å². The van der Waals surface area contributed by atoms with Gasteiger partial charge in [-0.15, -0.1) is 17.8 Å². The van der Waals surface area contributed by atoms with Gasteiger partial charge in [0.25, 0.3) is 0 Å². The average Bonchev–Trinajstić information content (AvgIpc) is 3.82. The molecule has 0 fully saturated rings. The fraction of sp³-hybridized carbons (Fsp3) is 0.0182. The van der Waals surface area contributed by atoms with Crippen LogP contribution in [0.1, 0.15) is 12.5 Å². The van der Waals surface area contributed by atoms with Crippen molar-refractivity contribution in [2.24, 2.45) is 0 Å². The Balaban J connectivity index is 1.03. The largest absolute Gasteiger partial charge is 0.311 e. The molecule has 0 bridgehead atoms. The van der Waals surface area contributed by atoms with E-state index in [9.17, 15) is 0 Å². The Hall–Kier alpha value is -7.38. The fourth-order valence-corrected chi connectivity index (χ4v) is 9.27. The number of hydrogen-bond acceptors (Lipinski definition) is 2. The van der Waals surface area contributed by atoms with E-state index in [2.05, 4.69) is 210 Å². The predicted molar refractivity (Wildman–Crippen MR) is 251 cm³/mol. The fourth-order valence-electron chi connectivity index (χ4n) is 8.19.